The highest BCUT2D eigenvalue weighted by atomic mass is 35.5. The van der Waals surface area contributed by atoms with Gasteiger partial charge >= 0.3 is 12.5 Å². The fraction of sp³-hybridized carbons (Fsp3) is 0. The van der Waals surface area contributed by atoms with Gasteiger partial charge in [0.25, 0.3) is 0 Å². The number of nitrogens with two attached hydrogens (primary N) is 2. The minimum Gasteiger partial charge on any atom is -1.00 e. The molecule has 1 aromatic heterocycles. The van der Waals surface area contributed by atoms with Gasteiger partial charge in [0.15, 0.2) is 0 Å². The highest BCUT2D eigenvalue weighted by molar-refractivity contribution is 7.99. The topological polar surface area (TPSA) is 63.3 Å². The van der Waals surface area contributed by atoms with Crippen LogP contribution in [0.15, 0.2) is 106 Å². The molecular weight excluding hydrogens is 388 g/mol. The molecule has 140 valence electrons. The fourth-order valence-electron chi connectivity index (χ4n) is 2.93. The Bertz CT molecular complexity index is 988. The Morgan fingerprint density at radius 2 is 1.07 bits per heavy atom. The largest absolute Gasteiger partial charge is 1.00 e. The molecular formula is C23H19ClN2OS. The van der Waals surface area contributed by atoms with Gasteiger partial charge in [0.1, 0.15) is 0 Å². The lowest BCUT2D eigenvalue weighted by Crippen LogP contribution is -3.00. The van der Waals surface area contributed by atoms with Crippen molar-refractivity contribution in [3.05, 3.63) is 91.4 Å². The molecule has 4 N–H and O–H groups in total. The Morgan fingerprint density at radius 3 is 1.54 bits per heavy atom. The van der Waals surface area contributed by atoms with E-state index in [1.807, 2.05) is 36.4 Å². The third-order valence-electron chi connectivity index (χ3n) is 4.30. The highest BCUT2D eigenvalue weighted by Gasteiger charge is 2.14. The van der Waals surface area contributed by atoms with Crippen LogP contribution in [0.25, 0.3) is 22.3 Å². The van der Waals surface area contributed by atoms with Gasteiger partial charge in [0.05, 0.1) is 0 Å². The zero-order chi connectivity index (χ0) is 18.6. The number of hydrogen-bond acceptors (Lipinski definition) is 3. The van der Waals surface area contributed by atoms with Gasteiger partial charge in [-0.25, -0.2) is 4.42 Å². The molecule has 0 amide bonds. The molecule has 4 aromatic rings. The van der Waals surface area contributed by atoms with Crippen molar-refractivity contribution < 1.29 is 16.8 Å². The zero-order valence-corrected chi connectivity index (χ0v) is 16.6. The smallest absolute Gasteiger partial charge is 0.319 e. The minimum atomic E-state index is 0. The second-order valence-corrected chi connectivity index (χ2v) is 7.26. The van der Waals surface area contributed by atoms with Crippen LogP contribution in [-0.2, 0) is 0 Å². The van der Waals surface area contributed by atoms with Gasteiger partial charge < -0.3 is 23.9 Å². The second-order valence-electron chi connectivity index (χ2n) is 6.17. The van der Waals surface area contributed by atoms with Crippen molar-refractivity contribution in [3.8, 4) is 22.3 Å². The van der Waals surface area contributed by atoms with Gasteiger partial charge in [0, 0.05) is 33.3 Å². The number of rotatable bonds is 4. The molecule has 0 aliphatic heterocycles. The third-order valence-corrected chi connectivity index (χ3v) is 5.45. The van der Waals surface area contributed by atoms with E-state index in [4.69, 9.17) is 15.9 Å². The summed E-state index contributed by atoms with van der Waals surface area (Å²) in [4.78, 5) is 2.29. The molecule has 5 heteroatoms. The fourth-order valence-corrected chi connectivity index (χ4v) is 4.00. The molecule has 4 rings (SSSR count). The van der Waals surface area contributed by atoms with Gasteiger partial charge in [-0.15, -0.1) is 0 Å². The van der Waals surface area contributed by atoms with Crippen molar-refractivity contribution in [1.82, 2.24) is 0 Å². The second kappa shape index (κ2) is 8.83. The van der Waals surface area contributed by atoms with E-state index in [1.165, 1.54) is 4.90 Å². The number of hydrogen-bond donors (Lipinski definition) is 2. The first kappa shape index (κ1) is 19.8. The van der Waals surface area contributed by atoms with E-state index < -0.39 is 0 Å². The van der Waals surface area contributed by atoms with E-state index in [2.05, 4.69) is 42.5 Å². The van der Waals surface area contributed by atoms with E-state index in [-0.39, 0.29) is 12.4 Å². The predicted octanol–water partition coefficient (Wildman–Crippen LogP) is 3.21. The standard InChI is InChI=1S/C23H19N2OS.ClH/c24-18-8-4-16(5-9-18)21-2-1-3-22(17-6-10-19(25)11-7-17)23(21)27-20-12-14-26-15-13-20;/h1-15H,24-25H2;1H/q+1;/p-1. The number of halogens is 1. The summed E-state index contributed by atoms with van der Waals surface area (Å²) in [5, 5.41) is 0. The first-order valence-electron chi connectivity index (χ1n) is 8.59. The average molecular weight is 407 g/mol. The molecule has 0 aliphatic rings. The lowest BCUT2D eigenvalue weighted by molar-refractivity contribution is -0.00000565. The maximum atomic E-state index is 5.87. The van der Waals surface area contributed by atoms with Crippen molar-refractivity contribution in [1.29, 1.82) is 0 Å². The Labute approximate surface area is 174 Å². The van der Waals surface area contributed by atoms with Crippen LogP contribution in [0.1, 0.15) is 0 Å². The molecule has 0 saturated carbocycles. The SMILES string of the molecule is Nc1ccc(-c2cccc(-c3ccc(N)cc3)c2Sc2cc[o+]cc2)cc1.[Cl-]. The maximum absolute atomic E-state index is 5.87. The first-order valence-corrected chi connectivity index (χ1v) is 9.40. The number of benzene rings is 3. The van der Waals surface area contributed by atoms with Gasteiger partial charge in [-0.05, 0) is 46.5 Å². The zero-order valence-electron chi connectivity index (χ0n) is 15.0. The Balaban J connectivity index is 0.00000225. The minimum absolute atomic E-state index is 0. The van der Waals surface area contributed by atoms with Gasteiger partial charge in [-0.2, -0.15) is 0 Å². The van der Waals surface area contributed by atoms with Crippen LogP contribution in [0.2, 0.25) is 0 Å². The van der Waals surface area contributed by atoms with E-state index in [1.54, 1.807) is 24.3 Å². The van der Waals surface area contributed by atoms with Crippen LogP contribution in [0, 0.1) is 0 Å². The molecule has 0 bridgehead atoms. The van der Waals surface area contributed by atoms with E-state index in [0.717, 1.165) is 38.5 Å². The van der Waals surface area contributed by atoms with Crippen LogP contribution in [0.5, 0.6) is 0 Å². The van der Waals surface area contributed by atoms with Crippen molar-refractivity contribution in [2.75, 3.05) is 11.5 Å². The summed E-state index contributed by atoms with van der Waals surface area (Å²) in [6.45, 7) is 0. The van der Waals surface area contributed by atoms with Crippen molar-refractivity contribution in [3.63, 3.8) is 0 Å². The van der Waals surface area contributed by atoms with Gasteiger partial charge in [-0.3, -0.25) is 0 Å². The molecule has 0 atom stereocenters. The molecule has 0 spiro atoms. The summed E-state index contributed by atoms with van der Waals surface area (Å²) < 4.78 is 5.17. The molecule has 3 nitrogen and oxygen atoms in total. The monoisotopic (exact) mass is 406 g/mol. The Morgan fingerprint density at radius 1 is 0.607 bits per heavy atom. The summed E-state index contributed by atoms with van der Waals surface area (Å²) in [6, 6.07) is 26.3. The summed E-state index contributed by atoms with van der Waals surface area (Å²) in [6.07, 6.45) is 3.38. The molecule has 0 unspecified atom stereocenters. The molecule has 3 aromatic carbocycles. The Hall–Kier alpha value is -2.95. The van der Waals surface area contributed by atoms with Crippen LogP contribution in [0.3, 0.4) is 0 Å². The normalized spacial score (nSPS) is 10.3. The van der Waals surface area contributed by atoms with Crippen LogP contribution >= 0.6 is 11.8 Å². The Kier molecular flexibility index (Phi) is 6.24. The van der Waals surface area contributed by atoms with Crippen molar-refractivity contribution in [2.24, 2.45) is 0 Å². The molecule has 28 heavy (non-hydrogen) atoms. The van der Waals surface area contributed by atoms with Crippen molar-refractivity contribution in [2.45, 2.75) is 9.79 Å². The average Bonchev–Trinajstić information content (AvgIpc) is 2.70. The molecule has 0 fully saturated rings. The lowest BCUT2D eigenvalue weighted by Gasteiger charge is -2.15. The van der Waals surface area contributed by atoms with Crippen LogP contribution in [0.4, 0.5) is 11.4 Å². The highest BCUT2D eigenvalue weighted by Crippen LogP contribution is 2.42. The first-order chi connectivity index (χ1) is 13.2. The van der Waals surface area contributed by atoms with Gasteiger partial charge in [0.2, 0.25) is 0 Å². The number of nitrogen functional groups attached to an aromatic ring is 2. The van der Waals surface area contributed by atoms with Gasteiger partial charge in [-0.1, -0.05) is 54.2 Å². The van der Waals surface area contributed by atoms with E-state index in [9.17, 15) is 0 Å². The molecule has 1 heterocycles. The summed E-state index contributed by atoms with van der Waals surface area (Å²) >= 11 is 1.72. The van der Waals surface area contributed by atoms with E-state index >= 15 is 0 Å². The third kappa shape index (κ3) is 4.30. The number of anilines is 2. The summed E-state index contributed by atoms with van der Waals surface area (Å²) in [5.74, 6) is 0. The predicted molar refractivity (Wildman–Crippen MR) is 113 cm³/mol. The molecule has 0 radical (unpaired) electrons. The van der Waals surface area contributed by atoms with Crippen molar-refractivity contribution >= 4 is 23.1 Å². The van der Waals surface area contributed by atoms with Crippen LogP contribution in [-0.4, -0.2) is 0 Å². The summed E-state index contributed by atoms with van der Waals surface area (Å²) in [7, 11) is 0. The van der Waals surface area contributed by atoms with E-state index in [0.29, 0.717) is 0 Å². The molecule has 0 aliphatic carbocycles. The molecule has 0 saturated heterocycles. The summed E-state index contributed by atoms with van der Waals surface area (Å²) in [5.41, 5.74) is 17.8. The lowest BCUT2D eigenvalue weighted by atomic mass is 9.98. The maximum Gasteiger partial charge on any atom is 0.319 e. The van der Waals surface area contributed by atoms with Crippen LogP contribution < -0.4 is 23.9 Å². The quantitative estimate of drug-likeness (QED) is 0.403.